The fourth-order valence-electron chi connectivity index (χ4n) is 3.53. The zero-order chi connectivity index (χ0) is 23.1. The van der Waals surface area contributed by atoms with E-state index in [9.17, 15) is 19.2 Å². The average molecular weight is 438 g/mol. The van der Waals surface area contributed by atoms with Gasteiger partial charge in [0.05, 0.1) is 7.11 Å². The number of fused-ring (bicyclic) bond motifs is 1. The molecule has 0 radical (unpaired) electrons. The van der Waals surface area contributed by atoms with E-state index in [-0.39, 0.29) is 30.3 Å². The summed E-state index contributed by atoms with van der Waals surface area (Å²) in [5.74, 6) is 0.258. The lowest BCUT2D eigenvalue weighted by atomic mass is 10.1. The van der Waals surface area contributed by atoms with E-state index < -0.39 is 0 Å². The molecule has 0 aliphatic carbocycles. The normalized spacial score (nSPS) is 13.2. The topological polar surface area (TPSA) is 117 Å². The lowest BCUT2D eigenvalue weighted by molar-refractivity contribution is -0.125. The quantitative estimate of drug-likeness (QED) is 0.520. The number of anilines is 1. The van der Waals surface area contributed by atoms with Gasteiger partial charge in [-0.1, -0.05) is 12.1 Å². The van der Waals surface area contributed by atoms with Crippen LogP contribution in [0.5, 0.6) is 5.75 Å². The van der Waals surface area contributed by atoms with Crippen molar-refractivity contribution in [3.05, 3.63) is 59.2 Å². The Labute approximate surface area is 186 Å². The SMILES string of the molecule is COc1ccc(NC(=O)NCc2ccc3c(c2)CN(C(C)CCC(=O)NC=O)C3=O)cc1. The molecule has 9 nitrogen and oxygen atoms in total. The second-order valence-electron chi connectivity index (χ2n) is 7.53. The lowest BCUT2D eigenvalue weighted by Crippen LogP contribution is -2.34. The molecule has 32 heavy (non-hydrogen) atoms. The number of carbonyl (C=O) groups excluding carboxylic acids is 4. The van der Waals surface area contributed by atoms with Gasteiger partial charge in [-0.3, -0.25) is 19.7 Å². The summed E-state index contributed by atoms with van der Waals surface area (Å²) in [5.41, 5.74) is 3.03. The average Bonchev–Trinajstić information content (AvgIpc) is 3.12. The third-order valence-corrected chi connectivity index (χ3v) is 5.34. The molecule has 0 saturated carbocycles. The van der Waals surface area contributed by atoms with Crippen LogP contribution in [0.25, 0.3) is 0 Å². The molecule has 5 amide bonds. The van der Waals surface area contributed by atoms with Crippen molar-refractivity contribution >= 4 is 29.9 Å². The highest BCUT2D eigenvalue weighted by Crippen LogP contribution is 2.27. The number of nitrogens with one attached hydrogen (secondary N) is 3. The van der Waals surface area contributed by atoms with Crippen molar-refractivity contribution < 1.29 is 23.9 Å². The molecule has 1 aliphatic heterocycles. The molecule has 1 aliphatic rings. The van der Waals surface area contributed by atoms with Gasteiger partial charge in [0.25, 0.3) is 5.91 Å². The van der Waals surface area contributed by atoms with Crippen LogP contribution < -0.4 is 20.7 Å². The van der Waals surface area contributed by atoms with Gasteiger partial charge in [-0.2, -0.15) is 0 Å². The minimum atomic E-state index is -0.364. The summed E-state index contributed by atoms with van der Waals surface area (Å²) in [5, 5.41) is 7.66. The minimum Gasteiger partial charge on any atom is -0.497 e. The molecule has 1 heterocycles. The van der Waals surface area contributed by atoms with Gasteiger partial charge in [0.2, 0.25) is 12.3 Å². The van der Waals surface area contributed by atoms with Gasteiger partial charge in [-0.05, 0) is 54.8 Å². The zero-order valence-corrected chi connectivity index (χ0v) is 18.0. The first-order chi connectivity index (χ1) is 15.4. The Morgan fingerprint density at radius 3 is 2.62 bits per heavy atom. The van der Waals surface area contributed by atoms with E-state index in [1.807, 2.05) is 19.1 Å². The second-order valence-corrected chi connectivity index (χ2v) is 7.53. The molecular formula is C23H26N4O5. The third kappa shape index (κ3) is 5.63. The highest BCUT2D eigenvalue weighted by molar-refractivity contribution is 5.98. The summed E-state index contributed by atoms with van der Waals surface area (Å²) in [7, 11) is 1.58. The van der Waals surface area contributed by atoms with Crippen LogP contribution in [0.3, 0.4) is 0 Å². The molecule has 2 aromatic rings. The van der Waals surface area contributed by atoms with Crippen LogP contribution in [0, 0.1) is 0 Å². The number of nitrogens with zero attached hydrogens (tertiary/aromatic N) is 1. The first-order valence-electron chi connectivity index (χ1n) is 10.3. The molecule has 3 rings (SSSR count). The fourth-order valence-corrected chi connectivity index (χ4v) is 3.53. The Bertz CT molecular complexity index is 1010. The highest BCUT2D eigenvalue weighted by atomic mass is 16.5. The predicted molar refractivity (Wildman–Crippen MR) is 118 cm³/mol. The van der Waals surface area contributed by atoms with Crippen LogP contribution in [-0.2, 0) is 22.7 Å². The van der Waals surface area contributed by atoms with Crippen molar-refractivity contribution in [1.29, 1.82) is 0 Å². The van der Waals surface area contributed by atoms with Gasteiger partial charge >= 0.3 is 6.03 Å². The molecule has 3 N–H and O–H groups in total. The van der Waals surface area contributed by atoms with Crippen molar-refractivity contribution in [3.8, 4) is 5.75 Å². The van der Waals surface area contributed by atoms with Crippen LogP contribution in [0.2, 0.25) is 0 Å². The van der Waals surface area contributed by atoms with E-state index in [2.05, 4.69) is 16.0 Å². The Hall–Kier alpha value is -3.88. The Morgan fingerprint density at radius 2 is 1.94 bits per heavy atom. The number of hydrogen-bond donors (Lipinski definition) is 3. The molecule has 2 aromatic carbocycles. The monoisotopic (exact) mass is 438 g/mol. The number of urea groups is 1. The van der Waals surface area contributed by atoms with Crippen molar-refractivity contribution in [3.63, 3.8) is 0 Å². The number of benzene rings is 2. The number of hydrogen-bond acceptors (Lipinski definition) is 5. The molecule has 1 unspecified atom stereocenters. The number of rotatable bonds is 9. The number of imide groups is 1. The summed E-state index contributed by atoms with van der Waals surface area (Å²) >= 11 is 0. The standard InChI is InChI=1S/C23H26N4O5/c1-15(3-10-21(29)25-14-28)27-13-17-11-16(4-9-20(17)22(27)30)12-24-23(31)26-18-5-7-19(32-2)8-6-18/h4-9,11,14-15H,3,10,12-13H2,1-2H3,(H2,24,26,31)(H,25,28,29). The summed E-state index contributed by atoms with van der Waals surface area (Å²) < 4.78 is 5.09. The van der Waals surface area contributed by atoms with Gasteiger partial charge in [0, 0.05) is 36.8 Å². The molecule has 0 fully saturated rings. The van der Waals surface area contributed by atoms with Crippen LogP contribution >= 0.6 is 0 Å². The summed E-state index contributed by atoms with van der Waals surface area (Å²) in [4.78, 5) is 48.4. The fraction of sp³-hybridized carbons (Fsp3) is 0.304. The van der Waals surface area contributed by atoms with Crippen LogP contribution in [0.15, 0.2) is 42.5 Å². The Kier molecular flexibility index (Phi) is 7.43. The number of amides is 5. The molecule has 0 bridgehead atoms. The summed E-state index contributed by atoms with van der Waals surface area (Å²) in [6.07, 6.45) is 0.981. The first kappa shape index (κ1) is 22.8. The Morgan fingerprint density at radius 1 is 1.19 bits per heavy atom. The summed E-state index contributed by atoms with van der Waals surface area (Å²) in [6, 6.07) is 12.0. The molecular weight excluding hydrogens is 412 g/mol. The molecule has 168 valence electrons. The maximum absolute atomic E-state index is 12.7. The largest absolute Gasteiger partial charge is 0.497 e. The van der Waals surface area contributed by atoms with E-state index in [1.165, 1.54) is 0 Å². The maximum Gasteiger partial charge on any atom is 0.319 e. The first-order valence-corrected chi connectivity index (χ1v) is 10.3. The lowest BCUT2D eigenvalue weighted by Gasteiger charge is -2.23. The third-order valence-electron chi connectivity index (χ3n) is 5.34. The van der Waals surface area contributed by atoms with Gasteiger partial charge in [0.1, 0.15) is 5.75 Å². The van der Waals surface area contributed by atoms with Crippen LogP contribution in [0.4, 0.5) is 10.5 Å². The smallest absolute Gasteiger partial charge is 0.319 e. The predicted octanol–water partition coefficient (Wildman–Crippen LogP) is 2.41. The van der Waals surface area contributed by atoms with Crippen LogP contribution in [0.1, 0.15) is 41.3 Å². The van der Waals surface area contributed by atoms with Gasteiger partial charge in [-0.15, -0.1) is 0 Å². The number of ether oxygens (including phenoxy) is 1. The molecule has 0 saturated heterocycles. The second kappa shape index (κ2) is 10.4. The van der Waals surface area contributed by atoms with Crippen molar-refractivity contribution in [2.24, 2.45) is 0 Å². The van der Waals surface area contributed by atoms with Crippen LogP contribution in [-0.4, -0.2) is 42.3 Å². The van der Waals surface area contributed by atoms with Crippen molar-refractivity contribution in [2.45, 2.75) is 38.9 Å². The van der Waals surface area contributed by atoms with Crippen molar-refractivity contribution in [1.82, 2.24) is 15.5 Å². The van der Waals surface area contributed by atoms with E-state index in [0.717, 1.165) is 11.1 Å². The van der Waals surface area contributed by atoms with Gasteiger partial charge in [-0.25, -0.2) is 4.79 Å². The van der Waals surface area contributed by atoms with E-state index in [1.54, 1.807) is 42.3 Å². The Balaban J connectivity index is 1.53. The highest BCUT2D eigenvalue weighted by Gasteiger charge is 2.30. The van der Waals surface area contributed by atoms with E-state index >= 15 is 0 Å². The van der Waals surface area contributed by atoms with Gasteiger partial charge < -0.3 is 20.3 Å². The molecule has 1 atom stereocenters. The summed E-state index contributed by atoms with van der Waals surface area (Å²) in [6.45, 7) is 2.63. The van der Waals surface area contributed by atoms with Gasteiger partial charge in [0.15, 0.2) is 0 Å². The van der Waals surface area contributed by atoms with E-state index in [0.29, 0.717) is 42.9 Å². The molecule has 9 heteroatoms. The zero-order valence-electron chi connectivity index (χ0n) is 18.0. The van der Waals surface area contributed by atoms with Crippen molar-refractivity contribution in [2.75, 3.05) is 12.4 Å². The minimum absolute atomic E-state index is 0.0833. The molecule has 0 spiro atoms. The number of methoxy groups -OCH3 is 1. The maximum atomic E-state index is 12.7. The number of carbonyl (C=O) groups is 4. The molecule has 0 aromatic heterocycles. The van der Waals surface area contributed by atoms with E-state index in [4.69, 9.17) is 4.74 Å².